The van der Waals surface area contributed by atoms with E-state index in [0.717, 1.165) is 17.7 Å². The molecular formula is C20H21FN2O3S2. The Balaban J connectivity index is 2.05. The minimum Gasteiger partial charge on any atom is -0.344 e. The van der Waals surface area contributed by atoms with Crippen molar-refractivity contribution in [3.8, 4) is 11.8 Å². The van der Waals surface area contributed by atoms with E-state index in [-0.39, 0.29) is 13.0 Å². The summed E-state index contributed by atoms with van der Waals surface area (Å²) in [5.74, 6) is 4.92. The Morgan fingerprint density at radius 2 is 1.82 bits per heavy atom. The van der Waals surface area contributed by atoms with Gasteiger partial charge < -0.3 is 5.32 Å². The fraction of sp³-hybridized carbons (Fsp3) is 0.250. The smallest absolute Gasteiger partial charge is 0.244 e. The summed E-state index contributed by atoms with van der Waals surface area (Å²) >= 11 is 1.48. The van der Waals surface area contributed by atoms with Gasteiger partial charge in [-0.1, -0.05) is 42.2 Å². The summed E-state index contributed by atoms with van der Waals surface area (Å²) in [5, 5.41) is 2.61. The number of hydrogen-bond donors (Lipinski definition) is 2. The molecule has 28 heavy (non-hydrogen) atoms. The van der Waals surface area contributed by atoms with Crippen LogP contribution in [0.15, 0.2) is 59.5 Å². The molecule has 0 aliphatic carbocycles. The molecule has 2 rings (SSSR count). The van der Waals surface area contributed by atoms with Crippen molar-refractivity contribution in [2.24, 2.45) is 0 Å². The maximum Gasteiger partial charge on any atom is 0.244 e. The Bertz CT molecular complexity index is 954. The molecule has 2 aromatic rings. The van der Waals surface area contributed by atoms with Crippen molar-refractivity contribution in [1.82, 2.24) is 10.0 Å². The lowest BCUT2D eigenvalue weighted by molar-refractivity contribution is -0.122. The summed E-state index contributed by atoms with van der Waals surface area (Å²) in [5.41, 5.74) is 0.816. The summed E-state index contributed by atoms with van der Waals surface area (Å²) in [4.78, 5) is 12.0. The summed E-state index contributed by atoms with van der Waals surface area (Å²) in [6, 6.07) is 13.3. The fourth-order valence-corrected chi connectivity index (χ4v) is 4.10. The van der Waals surface area contributed by atoms with Crippen LogP contribution >= 0.6 is 11.8 Å². The van der Waals surface area contributed by atoms with E-state index < -0.39 is 32.7 Å². The first kappa shape index (κ1) is 22.0. The average Bonchev–Trinajstić information content (AvgIpc) is 2.69. The second-order valence-corrected chi connectivity index (χ2v) is 8.44. The summed E-state index contributed by atoms with van der Waals surface area (Å²) in [6.45, 7) is 0.0743. The quantitative estimate of drug-likeness (QED) is 0.643. The van der Waals surface area contributed by atoms with Gasteiger partial charge in [-0.05, 0) is 42.7 Å². The third-order valence-corrected chi connectivity index (χ3v) is 5.86. The lowest BCUT2D eigenvalue weighted by Gasteiger charge is -2.17. The normalized spacial score (nSPS) is 11.9. The first-order valence-corrected chi connectivity index (χ1v) is 11.4. The Labute approximate surface area is 169 Å². The van der Waals surface area contributed by atoms with E-state index in [2.05, 4.69) is 21.9 Å². The van der Waals surface area contributed by atoms with Gasteiger partial charge in [0.05, 0.1) is 6.54 Å². The maximum atomic E-state index is 13.9. The highest BCUT2D eigenvalue weighted by Gasteiger charge is 2.27. The van der Waals surface area contributed by atoms with Crippen molar-refractivity contribution in [3.05, 3.63) is 66.0 Å². The Morgan fingerprint density at radius 3 is 2.50 bits per heavy atom. The van der Waals surface area contributed by atoms with Gasteiger partial charge in [0.15, 0.2) is 0 Å². The molecule has 0 saturated carbocycles. The second-order valence-electron chi connectivity index (χ2n) is 5.77. The molecule has 1 amide bonds. The number of thioether (sulfide) groups is 1. The Hall–Kier alpha value is -2.34. The number of nitrogens with one attached hydrogen (secondary N) is 2. The minimum absolute atomic E-state index is 0.0743. The first-order valence-electron chi connectivity index (χ1n) is 8.51. The molecule has 1 atom stereocenters. The van der Waals surface area contributed by atoms with Gasteiger partial charge in [-0.15, -0.1) is 0 Å². The number of rotatable bonds is 8. The van der Waals surface area contributed by atoms with Crippen LogP contribution in [0, 0.1) is 17.7 Å². The predicted molar refractivity (Wildman–Crippen MR) is 110 cm³/mol. The van der Waals surface area contributed by atoms with Gasteiger partial charge in [-0.2, -0.15) is 16.5 Å². The lowest BCUT2D eigenvalue weighted by Crippen LogP contribution is -2.47. The van der Waals surface area contributed by atoms with E-state index >= 15 is 0 Å². The molecule has 0 spiro atoms. The molecule has 0 aliphatic rings. The highest BCUT2D eigenvalue weighted by molar-refractivity contribution is 7.98. The predicted octanol–water partition coefficient (Wildman–Crippen LogP) is 2.39. The van der Waals surface area contributed by atoms with Crippen molar-refractivity contribution < 1.29 is 17.6 Å². The molecular weight excluding hydrogens is 399 g/mol. The molecule has 8 heteroatoms. The summed E-state index contributed by atoms with van der Waals surface area (Å²) < 4.78 is 41.1. The van der Waals surface area contributed by atoms with E-state index in [1.807, 2.05) is 36.6 Å². The van der Waals surface area contributed by atoms with Crippen LogP contribution in [0.2, 0.25) is 0 Å². The topological polar surface area (TPSA) is 75.3 Å². The molecule has 5 nitrogen and oxygen atoms in total. The zero-order valence-electron chi connectivity index (χ0n) is 15.3. The fourth-order valence-electron chi connectivity index (χ4n) is 2.31. The van der Waals surface area contributed by atoms with E-state index in [4.69, 9.17) is 0 Å². The Kier molecular flexibility index (Phi) is 8.51. The third kappa shape index (κ3) is 6.68. The highest BCUT2D eigenvalue weighted by Crippen LogP contribution is 2.14. The average molecular weight is 421 g/mol. The number of carbonyl (C=O) groups excluding carboxylic acids is 1. The van der Waals surface area contributed by atoms with E-state index in [0.29, 0.717) is 5.75 Å². The van der Waals surface area contributed by atoms with Crippen LogP contribution in [0.5, 0.6) is 0 Å². The van der Waals surface area contributed by atoms with Gasteiger partial charge in [0, 0.05) is 5.56 Å². The molecule has 0 aromatic heterocycles. The van der Waals surface area contributed by atoms with Crippen molar-refractivity contribution in [2.45, 2.75) is 17.4 Å². The molecule has 0 radical (unpaired) electrons. The van der Waals surface area contributed by atoms with Gasteiger partial charge in [0.1, 0.15) is 16.8 Å². The molecule has 0 saturated heterocycles. The third-order valence-electron chi connectivity index (χ3n) is 3.71. The van der Waals surface area contributed by atoms with Crippen LogP contribution in [0.4, 0.5) is 4.39 Å². The van der Waals surface area contributed by atoms with Crippen molar-refractivity contribution >= 4 is 27.7 Å². The molecule has 0 unspecified atom stereocenters. The molecule has 0 aliphatic heterocycles. The van der Waals surface area contributed by atoms with E-state index in [1.165, 1.54) is 23.9 Å². The monoisotopic (exact) mass is 420 g/mol. The second kappa shape index (κ2) is 10.9. The van der Waals surface area contributed by atoms with Crippen LogP contribution < -0.4 is 10.0 Å². The standard InChI is InChI=1S/C20H21FN2O3S2/c1-27-15-13-18(23-28(25,26)19-12-6-5-11-17(19)21)20(24)22-14-7-10-16-8-3-2-4-9-16/h2-6,8-9,11-12,18,23H,13-15H2,1H3,(H,22,24)/t18-/m0/s1. The van der Waals surface area contributed by atoms with Crippen molar-refractivity contribution in [1.29, 1.82) is 0 Å². The van der Waals surface area contributed by atoms with Crippen LogP contribution in [-0.2, 0) is 14.8 Å². The van der Waals surface area contributed by atoms with Crippen LogP contribution in [0.3, 0.4) is 0 Å². The number of hydrogen-bond acceptors (Lipinski definition) is 4. The van der Waals surface area contributed by atoms with E-state index in [9.17, 15) is 17.6 Å². The van der Waals surface area contributed by atoms with Crippen LogP contribution in [-0.4, -0.2) is 38.9 Å². The molecule has 0 heterocycles. The molecule has 0 fully saturated rings. The van der Waals surface area contributed by atoms with Gasteiger partial charge >= 0.3 is 0 Å². The largest absolute Gasteiger partial charge is 0.344 e. The van der Waals surface area contributed by atoms with Crippen molar-refractivity contribution in [2.75, 3.05) is 18.6 Å². The first-order chi connectivity index (χ1) is 13.4. The number of amides is 1. The number of carbonyl (C=O) groups is 1. The van der Waals surface area contributed by atoms with Gasteiger partial charge in [-0.3, -0.25) is 4.79 Å². The minimum atomic E-state index is -4.17. The number of sulfonamides is 1. The lowest BCUT2D eigenvalue weighted by atomic mass is 10.2. The van der Waals surface area contributed by atoms with Crippen LogP contribution in [0.1, 0.15) is 12.0 Å². The Morgan fingerprint density at radius 1 is 1.14 bits per heavy atom. The molecule has 0 bridgehead atoms. The SMILES string of the molecule is CSCC[C@H](NS(=O)(=O)c1ccccc1F)C(=O)NCC#Cc1ccccc1. The maximum absolute atomic E-state index is 13.9. The van der Waals surface area contributed by atoms with Crippen LogP contribution in [0.25, 0.3) is 0 Å². The molecule has 2 N–H and O–H groups in total. The summed E-state index contributed by atoms with van der Waals surface area (Å²) in [6.07, 6.45) is 2.12. The van der Waals surface area contributed by atoms with Gasteiger partial charge in [0.25, 0.3) is 0 Å². The van der Waals surface area contributed by atoms with Gasteiger partial charge in [0.2, 0.25) is 15.9 Å². The number of halogens is 1. The number of benzene rings is 2. The van der Waals surface area contributed by atoms with Crippen molar-refractivity contribution in [3.63, 3.8) is 0 Å². The van der Waals surface area contributed by atoms with E-state index in [1.54, 1.807) is 0 Å². The highest BCUT2D eigenvalue weighted by atomic mass is 32.2. The zero-order valence-corrected chi connectivity index (χ0v) is 16.9. The summed E-state index contributed by atoms with van der Waals surface area (Å²) in [7, 11) is -4.17. The molecule has 148 valence electrons. The molecule has 2 aromatic carbocycles. The van der Waals surface area contributed by atoms with Gasteiger partial charge in [-0.25, -0.2) is 12.8 Å². The zero-order chi connectivity index (χ0) is 20.4.